The molecule has 31 heavy (non-hydrogen) atoms. The topological polar surface area (TPSA) is 101 Å². The zero-order chi connectivity index (χ0) is 21.4. The van der Waals surface area contributed by atoms with Gasteiger partial charge in [0.1, 0.15) is 17.5 Å². The van der Waals surface area contributed by atoms with Crippen LogP contribution in [-0.2, 0) is 0 Å². The zero-order valence-electron chi connectivity index (χ0n) is 18.0. The molecule has 162 valence electrons. The van der Waals surface area contributed by atoms with E-state index >= 15 is 0 Å². The van der Waals surface area contributed by atoms with Crippen molar-refractivity contribution in [3.05, 3.63) is 42.2 Å². The Balaban J connectivity index is 1.23. The minimum Gasteiger partial charge on any atom is -0.365 e. The summed E-state index contributed by atoms with van der Waals surface area (Å²) in [5.74, 6) is 0.697. The van der Waals surface area contributed by atoms with Gasteiger partial charge in [0.15, 0.2) is 11.5 Å². The lowest BCUT2D eigenvalue weighted by Gasteiger charge is -2.36. The number of carbonyl (C=O) groups excluding carboxylic acids is 1. The van der Waals surface area contributed by atoms with E-state index in [1.54, 1.807) is 12.4 Å². The molecule has 0 spiro atoms. The Hall–Kier alpha value is -3.07. The number of hydrogen-bond acceptors (Lipinski definition) is 7. The van der Waals surface area contributed by atoms with E-state index in [1.165, 1.54) is 0 Å². The molecule has 2 fully saturated rings. The number of pyridine rings is 1. The fraction of sp³-hybridized carbons (Fsp3) is 0.500. The Morgan fingerprint density at radius 1 is 1.10 bits per heavy atom. The van der Waals surface area contributed by atoms with E-state index in [0.29, 0.717) is 11.7 Å². The SMILES string of the molecule is Cc1cccc(C(=O)NC2CC(n3cnc4c(NC5CCN(C)CC5)ncnc43)C2)n1. The number of likely N-dealkylation sites (tertiary alicyclic amines) is 1. The average Bonchev–Trinajstić information content (AvgIpc) is 3.16. The van der Waals surface area contributed by atoms with Crippen molar-refractivity contribution in [3.63, 3.8) is 0 Å². The largest absolute Gasteiger partial charge is 0.365 e. The van der Waals surface area contributed by atoms with Gasteiger partial charge >= 0.3 is 0 Å². The molecule has 0 bridgehead atoms. The maximum absolute atomic E-state index is 12.4. The Labute approximate surface area is 181 Å². The number of nitrogens with zero attached hydrogens (tertiary/aromatic N) is 6. The van der Waals surface area contributed by atoms with Crippen LogP contribution < -0.4 is 10.6 Å². The number of imidazole rings is 1. The third-order valence-corrected chi connectivity index (χ3v) is 6.38. The molecule has 1 saturated heterocycles. The lowest BCUT2D eigenvalue weighted by molar-refractivity contribution is 0.0889. The third-order valence-electron chi connectivity index (χ3n) is 6.38. The zero-order valence-corrected chi connectivity index (χ0v) is 18.0. The van der Waals surface area contributed by atoms with Crippen molar-refractivity contribution in [2.75, 3.05) is 25.5 Å². The highest BCUT2D eigenvalue weighted by Crippen LogP contribution is 2.35. The first-order valence-corrected chi connectivity index (χ1v) is 10.9. The molecular weight excluding hydrogens is 392 g/mol. The van der Waals surface area contributed by atoms with Crippen molar-refractivity contribution in [1.82, 2.24) is 34.7 Å². The lowest BCUT2D eigenvalue weighted by Crippen LogP contribution is -2.45. The minimum absolute atomic E-state index is 0.116. The van der Waals surface area contributed by atoms with Crippen LogP contribution in [0.5, 0.6) is 0 Å². The standard InChI is InChI=1S/C22H28N8O/c1-14-4-3-5-18(26-14)22(31)28-16-10-17(11-16)30-13-25-19-20(23-12-24-21(19)30)27-15-6-8-29(2)9-7-15/h3-5,12-13,15-17H,6-11H2,1-2H3,(H,28,31)(H,23,24,27). The molecule has 2 N–H and O–H groups in total. The summed E-state index contributed by atoms with van der Waals surface area (Å²) in [4.78, 5) is 32.7. The van der Waals surface area contributed by atoms with Gasteiger partial charge in [-0.05, 0) is 64.9 Å². The van der Waals surface area contributed by atoms with Gasteiger partial charge in [0.2, 0.25) is 0 Å². The first-order chi connectivity index (χ1) is 15.1. The van der Waals surface area contributed by atoms with E-state index in [9.17, 15) is 4.79 Å². The first kappa shape index (κ1) is 19.9. The van der Waals surface area contributed by atoms with Crippen LogP contribution in [-0.4, -0.2) is 67.5 Å². The van der Waals surface area contributed by atoms with E-state index in [4.69, 9.17) is 0 Å². The Morgan fingerprint density at radius 3 is 2.68 bits per heavy atom. The number of rotatable bonds is 5. The number of nitrogens with one attached hydrogen (secondary N) is 2. The minimum atomic E-state index is -0.116. The summed E-state index contributed by atoms with van der Waals surface area (Å²) < 4.78 is 2.12. The van der Waals surface area contributed by atoms with Crippen molar-refractivity contribution < 1.29 is 4.79 Å². The number of aromatic nitrogens is 5. The molecule has 0 unspecified atom stereocenters. The predicted octanol–water partition coefficient (Wildman–Crippen LogP) is 2.17. The van der Waals surface area contributed by atoms with Gasteiger partial charge < -0.3 is 20.1 Å². The van der Waals surface area contributed by atoms with Gasteiger partial charge in [0.05, 0.1) is 6.33 Å². The summed E-state index contributed by atoms with van der Waals surface area (Å²) in [5, 5.41) is 6.66. The smallest absolute Gasteiger partial charge is 0.270 e. The van der Waals surface area contributed by atoms with Crippen LogP contribution in [0.3, 0.4) is 0 Å². The van der Waals surface area contributed by atoms with Crippen molar-refractivity contribution in [2.24, 2.45) is 0 Å². The molecule has 0 atom stereocenters. The molecule has 9 nitrogen and oxygen atoms in total. The second-order valence-electron chi connectivity index (χ2n) is 8.73. The summed E-state index contributed by atoms with van der Waals surface area (Å²) in [7, 11) is 2.16. The molecule has 1 aliphatic carbocycles. The first-order valence-electron chi connectivity index (χ1n) is 10.9. The molecule has 1 aliphatic heterocycles. The van der Waals surface area contributed by atoms with Crippen molar-refractivity contribution in [1.29, 1.82) is 0 Å². The molecule has 3 aromatic rings. The van der Waals surface area contributed by atoms with Gasteiger partial charge in [0, 0.05) is 23.8 Å². The summed E-state index contributed by atoms with van der Waals surface area (Å²) >= 11 is 0. The van der Waals surface area contributed by atoms with Crippen LogP contribution in [0.25, 0.3) is 11.2 Å². The molecule has 2 aliphatic rings. The summed E-state index contributed by atoms with van der Waals surface area (Å²) in [6.45, 7) is 4.07. The van der Waals surface area contributed by atoms with Crippen LogP contribution in [0.2, 0.25) is 0 Å². The number of aryl methyl sites for hydroxylation is 1. The highest BCUT2D eigenvalue weighted by atomic mass is 16.1. The summed E-state index contributed by atoms with van der Waals surface area (Å²) in [6, 6.07) is 6.31. The van der Waals surface area contributed by atoms with Gasteiger partial charge in [-0.2, -0.15) is 0 Å². The van der Waals surface area contributed by atoms with Crippen molar-refractivity contribution in [2.45, 2.75) is 50.7 Å². The Kier molecular flexibility index (Phi) is 5.27. The third kappa shape index (κ3) is 4.10. The normalized spacial score (nSPS) is 22.3. The van der Waals surface area contributed by atoms with Crippen LogP contribution in [0.4, 0.5) is 5.82 Å². The average molecular weight is 421 g/mol. The van der Waals surface area contributed by atoms with Crippen LogP contribution in [0.15, 0.2) is 30.9 Å². The number of amides is 1. The van der Waals surface area contributed by atoms with E-state index in [2.05, 4.69) is 47.1 Å². The molecule has 0 radical (unpaired) electrons. The van der Waals surface area contributed by atoms with E-state index in [-0.39, 0.29) is 18.0 Å². The second kappa shape index (κ2) is 8.22. The number of carbonyl (C=O) groups is 1. The van der Waals surface area contributed by atoms with E-state index in [1.807, 2.05) is 25.4 Å². The molecule has 5 rings (SSSR count). The van der Waals surface area contributed by atoms with E-state index in [0.717, 1.165) is 61.4 Å². The molecule has 3 aromatic heterocycles. The number of piperidine rings is 1. The van der Waals surface area contributed by atoms with Gasteiger partial charge in [-0.15, -0.1) is 0 Å². The van der Waals surface area contributed by atoms with E-state index < -0.39 is 0 Å². The van der Waals surface area contributed by atoms with Crippen LogP contribution in [0.1, 0.15) is 47.9 Å². The van der Waals surface area contributed by atoms with Crippen molar-refractivity contribution in [3.8, 4) is 0 Å². The molecule has 4 heterocycles. The van der Waals surface area contributed by atoms with Gasteiger partial charge in [-0.1, -0.05) is 6.07 Å². The molecule has 0 aromatic carbocycles. The molecular formula is C22H28N8O. The van der Waals surface area contributed by atoms with Crippen LogP contribution in [0, 0.1) is 6.92 Å². The van der Waals surface area contributed by atoms with Crippen molar-refractivity contribution >= 4 is 22.9 Å². The fourth-order valence-electron chi connectivity index (χ4n) is 4.43. The lowest BCUT2D eigenvalue weighted by atomic mass is 9.86. The quantitative estimate of drug-likeness (QED) is 0.652. The highest BCUT2D eigenvalue weighted by molar-refractivity contribution is 5.92. The number of fused-ring (bicyclic) bond motifs is 1. The van der Waals surface area contributed by atoms with Gasteiger partial charge in [-0.3, -0.25) is 4.79 Å². The Bertz CT molecular complexity index is 1080. The van der Waals surface area contributed by atoms with Crippen LogP contribution >= 0.6 is 0 Å². The maximum atomic E-state index is 12.4. The molecule has 1 amide bonds. The Morgan fingerprint density at radius 2 is 1.90 bits per heavy atom. The summed E-state index contributed by atoms with van der Waals surface area (Å²) in [5.41, 5.74) is 2.97. The maximum Gasteiger partial charge on any atom is 0.270 e. The highest BCUT2D eigenvalue weighted by Gasteiger charge is 2.33. The monoisotopic (exact) mass is 420 g/mol. The molecule has 9 heteroatoms. The van der Waals surface area contributed by atoms with Gasteiger partial charge in [-0.25, -0.2) is 19.9 Å². The fourth-order valence-corrected chi connectivity index (χ4v) is 4.43. The molecule has 1 saturated carbocycles. The predicted molar refractivity (Wildman–Crippen MR) is 118 cm³/mol. The number of anilines is 1. The summed E-state index contributed by atoms with van der Waals surface area (Å²) in [6.07, 6.45) is 7.36. The number of hydrogen-bond donors (Lipinski definition) is 2. The van der Waals surface area contributed by atoms with Gasteiger partial charge in [0.25, 0.3) is 5.91 Å². The second-order valence-corrected chi connectivity index (χ2v) is 8.73.